The number of hydrogen-bond acceptors (Lipinski definition) is 2. The van der Waals surface area contributed by atoms with Gasteiger partial charge in [0.25, 0.3) is 5.56 Å². The van der Waals surface area contributed by atoms with Gasteiger partial charge in [-0.3, -0.25) is 4.79 Å². The summed E-state index contributed by atoms with van der Waals surface area (Å²) in [6, 6.07) is 17.8. The van der Waals surface area contributed by atoms with Gasteiger partial charge in [0.15, 0.2) is 5.82 Å². The van der Waals surface area contributed by atoms with Crippen molar-refractivity contribution in [1.82, 2.24) is 9.78 Å². The molecule has 5 heteroatoms. The van der Waals surface area contributed by atoms with Gasteiger partial charge in [0, 0.05) is 17.0 Å². The first-order valence-corrected chi connectivity index (χ1v) is 8.10. The first-order chi connectivity index (χ1) is 12.6. The van der Waals surface area contributed by atoms with Crippen molar-refractivity contribution in [1.29, 1.82) is 0 Å². The molecule has 0 atom stereocenters. The molecule has 26 heavy (non-hydrogen) atoms. The van der Waals surface area contributed by atoms with E-state index in [2.05, 4.69) is 5.10 Å². The van der Waals surface area contributed by atoms with Crippen molar-refractivity contribution in [3.63, 3.8) is 0 Å². The van der Waals surface area contributed by atoms with Crippen LogP contribution in [0.2, 0.25) is 0 Å². The topological polar surface area (TPSA) is 34.9 Å². The summed E-state index contributed by atoms with van der Waals surface area (Å²) in [6.45, 7) is 1.94. The first-order valence-electron chi connectivity index (χ1n) is 8.10. The molecule has 0 bridgehead atoms. The zero-order valence-electron chi connectivity index (χ0n) is 13.9. The predicted molar refractivity (Wildman–Crippen MR) is 97.4 cm³/mol. The molecular weight excluding hydrogens is 334 g/mol. The molecule has 0 aliphatic heterocycles. The van der Waals surface area contributed by atoms with Crippen LogP contribution < -0.4 is 5.56 Å². The number of halogens is 2. The van der Waals surface area contributed by atoms with E-state index >= 15 is 0 Å². The lowest BCUT2D eigenvalue weighted by Crippen LogP contribution is -2.23. The van der Waals surface area contributed by atoms with Crippen molar-refractivity contribution in [2.45, 2.75) is 6.92 Å². The Labute approximate surface area is 148 Å². The molecule has 0 fully saturated rings. The number of benzene rings is 3. The second-order valence-electron chi connectivity index (χ2n) is 6.02. The molecule has 0 unspecified atom stereocenters. The van der Waals surface area contributed by atoms with Gasteiger partial charge < -0.3 is 0 Å². The smallest absolute Gasteiger partial charge is 0.267 e. The maximum Gasteiger partial charge on any atom is 0.279 e. The van der Waals surface area contributed by atoms with Gasteiger partial charge in [-0.1, -0.05) is 42.5 Å². The fourth-order valence-corrected chi connectivity index (χ4v) is 3.04. The van der Waals surface area contributed by atoms with Crippen molar-refractivity contribution in [2.24, 2.45) is 0 Å². The van der Waals surface area contributed by atoms with Crippen LogP contribution in [0.4, 0.5) is 8.78 Å². The molecule has 0 spiro atoms. The Hall–Kier alpha value is -3.34. The molecule has 0 radical (unpaired) electrons. The van der Waals surface area contributed by atoms with E-state index in [4.69, 9.17) is 0 Å². The molecule has 128 valence electrons. The minimum Gasteiger partial charge on any atom is -0.267 e. The maximum atomic E-state index is 14.3. The Balaban J connectivity index is 2.12. The summed E-state index contributed by atoms with van der Waals surface area (Å²) in [7, 11) is 0. The van der Waals surface area contributed by atoms with Crippen LogP contribution in [0.5, 0.6) is 0 Å². The summed E-state index contributed by atoms with van der Waals surface area (Å²) >= 11 is 0. The van der Waals surface area contributed by atoms with Crippen LogP contribution in [0.1, 0.15) is 5.56 Å². The highest BCUT2D eigenvalue weighted by Crippen LogP contribution is 2.28. The Kier molecular flexibility index (Phi) is 3.84. The van der Waals surface area contributed by atoms with Gasteiger partial charge >= 0.3 is 0 Å². The van der Waals surface area contributed by atoms with Crippen LogP contribution in [0.3, 0.4) is 0 Å². The van der Waals surface area contributed by atoms with Crippen LogP contribution >= 0.6 is 0 Å². The number of rotatable bonds is 2. The monoisotopic (exact) mass is 348 g/mol. The Morgan fingerprint density at radius 1 is 0.885 bits per heavy atom. The Morgan fingerprint density at radius 3 is 2.31 bits per heavy atom. The second-order valence-corrected chi connectivity index (χ2v) is 6.02. The fraction of sp³-hybridized carbons (Fsp3) is 0.0476. The molecule has 3 nitrogen and oxygen atoms in total. The number of nitrogens with zero attached hydrogens (tertiary/aromatic N) is 2. The van der Waals surface area contributed by atoms with Gasteiger partial charge in [-0.25, -0.2) is 8.78 Å². The van der Waals surface area contributed by atoms with Crippen molar-refractivity contribution in [3.8, 4) is 16.9 Å². The number of aromatic nitrogens is 2. The van der Waals surface area contributed by atoms with Crippen LogP contribution in [-0.2, 0) is 0 Å². The van der Waals surface area contributed by atoms with Crippen LogP contribution in [-0.4, -0.2) is 9.78 Å². The molecule has 0 amide bonds. The molecule has 3 aromatic carbocycles. The molecule has 0 saturated carbocycles. The van der Waals surface area contributed by atoms with E-state index < -0.39 is 17.2 Å². The Bertz CT molecular complexity index is 1200. The molecule has 1 heterocycles. The molecule has 4 rings (SSSR count). The lowest BCUT2D eigenvalue weighted by molar-refractivity contribution is 0.571. The van der Waals surface area contributed by atoms with E-state index in [-0.39, 0.29) is 5.69 Å². The summed E-state index contributed by atoms with van der Waals surface area (Å²) in [4.78, 5) is 12.9. The third-order valence-electron chi connectivity index (χ3n) is 4.34. The van der Waals surface area contributed by atoms with Crippen molar-refractivity contribution < 1.29 is 8.78 Å². The average Bonchev–Trinajstić information content (AvgIpc) is 2.64. The number of hydrogen-bond donors (Lipinski definition) is 0. The van der Waals surface area contributed by atoms with Gasteiger partial charge in [-0.05, 0) is 30.7 Å². The number of aryl methyl sites for hydroxylation is 1. The largest absolute Gasteiger partial charge is 0.279 e. The zero-order chi connectivity index (χ0) is 18.3. The lowest BCUT2D eigenvalue weighted by atomic mass is 10.0. The van der Waals surface area contributed by atoms with Crippen LogP contribution in [0.15, 0.2) is 71.5 Å². The molecule has 1 aromatic heterocycles. The van der Waals surface area contributed by atoms with E-state index in [0.29, 0.717) is 16.5 Å². The number of fused-ring (bicyclic) bond motifs is 1. The summed E-state index contributed by atoms with van der Waals surface area (Å²) < 4.78 is 28.6. The quantitative estimate of drug-likeness (QED) is 0.529. The average molecular weight is 348 g/mol. The minimum atomic E-state index is -0.842. The van der Waals surface area contributed by atoms with E-state index in [1.807, 2.05) is 43.3 Å². The minimum absolute atomic E-state index is 0.0861. The highest BCUT2D eigenvalue weighted by Gasteiger charge is 2.16. The maximum absolute atomic E-state index is 14.3. The van der Waals surface area contributed by atoms with Crippen LogP contribution in [0.25, 0.3) is 27.7 Å². The summed E-state index contributed by atoms with van der Waals surface area (Å²) in [6.07, 6.45) is 0. The van der Waals surface area contributed by atoms with E-state index in [0.717, 1.165) is 27.9 Å². The van der Waals surface area contributed by atoms with Gasteiger partial charge in [0.2, 0.25) is 0 Å². The molecule has 0 N–H and O–H groups in total. The van der Waals surface area contributed by atoms with Gasteiger partial charge in [-0.15, -0.1) is 0 Å². The summed E-state index contributed by atoms with van der Waals surface area (Å²) in [5.41, 5.74) is 1.86. The molecular formula is C21H14F2N2O. The first kappa shape index (κ1) is 16.1. The van der Waals surface area contributed by atoms with Gasteiger partial charge in [0.1, 0.15) is 11.5 Å². The van der Waals surface area contributed by atoms with Crippen molar-refractivity contribution in [2.75, 3.05) is 0 Å². The third-order valence-corrected chi connectivity index (χ3v) is 4.34. The predicted octanol–water partition coefficient (Wildman–Crippen LogP) is 4.64. The Morgan fingerprint density at radius 2 is 1.58 bits per heavy atom. The highest BCUT2D eigenvalue weighted by atomic mass is 19.1. The van der Waals surface area contributed by atoms with Crippen molar-refractivity contribution in [3.05, 3.63) is 94.3 Å². The molecule has 0 saturated heterocycles. The van der Waals surface area contributed by atoms with E-state index in [1.54, 1.807) is 12.1 Å². The SMILES string of the molecule is Cc1ccccc1-c1nn(-c2ccc(F)cc2F)c(=O)c2ccccc12. The van der Waals surface area contributed by atoms with Gasteiger partial charge in [0.05, 0.1) is 11.1 Å². The lowest BCUT2D eigenvalue weighted by Gasteiger charge is -2.13. The highest BCUT2D eigenvalue weighted by molar-refractivity contribution is 5.94. The summed E-state index contributed by atoms with van der Waals surface area (Å²) in [5, 5.41) is 5.54. The zero-order valence-corrected chi connectivity index (χ0v) is 13.9. The normalized spacial score (nSPS) is 11.0. The molecule has 0 aliphatic carbocycles. The molecule has 4 aromatic rings. The molecule has 0 aliphatic rings. The third kappa shape index (κ3) is 2.58. The summed E-state index contributed by atoms with van der Waals surface area (Å²) in [5.74, 6) is -1.55. The fourth-order valence-electron chi connectivity index (χ4n) is 3.04. The van der Waals surface area contributed by atoms with E-state index in [9.17, 15) is 13.6 Å². The van der Waals surface area contributed by atoms with Gasteiger partial charge in [-0.2, -0.15) is 9.78 Å². The van der Waals surface area contributed by atoms with Crippen molar-refractivity contribution >= 4 is 10.8 Å². The van der Waals surface area contributed by atoms with Crippen LogP contribution in [0, 0.1) is 18.6 Å². The second kappa shape index (κ2) is 6.19. The van der Waals surface area contributed by atoms with E-state index in [1.165, 1.54) is 6.07 Å². The standard InChI is InChI=1S/C21H14F2N2O/c1-13-6-2-3-7-15(13)20-16-8-4-5-9-17(16)21(26)25(24-20)19-11-10-14(22)12-18(19)23/h2-12H,1H3.